The number of hydrazone groups is 1. The molecule has 0 aliphatic heterocycles. The van der Waals surface area contributed by atoms with E-state index >= 15 is 0 Å². The van der Waals surface area contributed by atoms with E-state index in [-0.39, 0.29) is 11.7 Å². The fourth-order valence-electron chi connectivity index (χ4n) is 3.27. The topological polar surface area (TPSA) is 72.2 Å². The molecule has 0 bridgehead atoms. The zero-order valence-electron chi connectivity index (χ0n) is 18.9. The predicted molar refractivity (Wildman–Crippen MR) is 141 cm³/mol. The molecule has 1 heterocycles. The van der Waals surface area contributed by atoms with Gasteiger partial charge in [-0.3, -0.25) is 9.36 Å². The first kappa shape index (κ1) is 23.9. The van der Waals surface area contributed by atoms with E-state index in [1.807, 2.05) is 71.3 Å². The first-order valence-corrected chi connectivity index (χ1v) is 12.6. The largest absolute Gasteiger partial charge is 0.272 e. The van der Waals surface area contributed by atoms with Crippen LogP contribution in [0.1, 0.15) is 30.9 Å². The minimum absolute atomic E-state index is 0.162. The third-order valence-corrected chi connectivity index (χ3v) is 6.55. The van der Waals surface area contributed by atoms with Gasteiger partial charge >= 0.3 is 0 Å². The number of rotatable bonds is 8. The van der Waals surface area contributed by atoms with Crippen molar-refractivity contribution in [1.29, 1.82) is 0 Å². The summed E-state index contributed by atoms with van der Waals surface area (Å²) in [7, 11) is 0. The van der Waals surface area contributed by atoms with E-state index in [1.165, 1.54) is 17.3 Å². The molecule has 0 atom stereocenters. The van der Waals surface area contributed by atoms with Gasteiger partial charge in [-0.2, -0.15) is 5.10 Å². The minimum atomic E-state index is -0.215. The number of para-hydroxylation sites is 1. The Morgan fingerprint density at radius 3 is 2.41 bits per heavy atom. The third-order valence-electron chi connectivity index (χ3n) is 5.09. The smallest absolute Gasteiger partial charge is 0.250 e. The summed E-state index contributed by atoms with van der Waals surface area (Å²) in [6.07, 6.45) is 1.64. The van der Waals surface area contributed by atoms with Gasteiger partial charge in [-0.1, -0.05) is 96.1 Å². The Labute approximate surface area is 211 Å². The van der Waals surface area contributed by atoms with Crippen molar-refractivity contribution in [2.45, 2.75) is 24.9 Å². The number of nitrogens with one attached hydrogen (secondary N) is 1. The maximum atomic E-state index is 12.4. The summed E-state index contributed by atoms with van der Waals surface area (Å²) in [5, 5.41) is 13.5. The Morgan fingerprint density at radius 2 is 1.74 bits per heavy atom. The lowest BCUT2D eigenvalue weighted by atomic mass is 10.0. The maximum Gasteiger partial charge on any atom is 0.250 e. The molecule has 6 nitrogen and oxygen atoms in total. The van der Waals surface area contributed by atoms with E-state index in [0.29, 0.717) is 16.9 Å². The lowest BCUT2D eigenvalue weighted by molar-refractivity contribution is -0.118. The van der Waals surface area contributed by atoms with Crippen LogP contribution in [0.3, 0.4) is 0 Å². The van der Waals surface area contributed by atoms with Crippen molar-refractivity contribution >= 4 is 39.8 Å². The lowest BCUT2D eigenvalue weighted by Gasteiger charge is -2.10. The van der Waals surface area contributed by atoms with Gasteiger partial charge in [0, 0.05) is 15.7 Å². The molecule has 1 aromatic heterocycles. The fourth-order valence-corrected chi connectivity index (χ4v) is 4.28. The molecule has 0 aliphatic carbocycles. The Hall–Kier alpha value is -3.23. The first-order valence-electron chi connectivity index (χ1n) is 10.8. The molecule has 0 saturated carbocycles. The van der Waals surface area contributed by atoms with Crippen LogP contribution >= 0.6 is 27.7 Å². The van der Waals surface area contributed by atoms with E-state index in [9.17, 15) is 4.79 Å². The van der Waals surface area contributed by atoms with Crippen LogP contribution in [0.5, 0.6) is 0 Å². The van der Waals surface area contributed by atoms with Crippen molar-refractivity contribution in [3.05, 3.63) is 94.5 Å². The number of nitrogens with zero attached hydrogens (tertiary/aromatic N) is 4. The molecule has 0 spiro atoms. The molecule has 0 fully saturated rings. The molecule has 1 amide bonds. The number of hydrogen-bond acceptors (Lipinski definition) is 5. The maximum absolute atomic E-state index is 12.4. The number of amides is 1. The van der Waals surface area contributed by atoms with Crippen LogP contribution in [0.15, 0.2) is 93.6 Å². The molecule has 172 valence electrons. The molecule has 0 aliphatic rings. The molecule has 0 saturated heterocycles. The molecule has 0 radical (unpaired) electrons. The summed E-state index contributed by atoms with van der Waals surface area (Å²) in [5.74, 6) is 1.14. The second kappa shape index (κ2) is 11.3. The van der Waals surface area contributed by atoms with E-state index in [1.54, 1.807) is 6.21 Å². The van der Waals surface area contributed by atoms with Crippen LogP contribution in [0.2, 0.25) is 0 Å². The van der Waals surface area contributed by atoms with Crippen LogP contribution in [0.25, 0.3) is 17.1 Å². The Bertz CT molecular complexity index is 1270. The lowest BCUT2D eigenvalue weighted by Crippen LogP contribution is -2.20. The van der Waals surface area contributed by atoms with Crippen molar-refractivity contribution in [2.24, 2.45) is 5.10 Å². The highest BCUT2D eigenvalue weighted by atomic mass is 79.9. The van der Waals surface area contributed by atoms with E-state index < -0.39 is 0 Å². The van der Waals surface area contributed by atoms with Crippen molar-refractivity contribution in [3.63, 3.8) is 0 Å². The minimum Gasteiger partial charge on any atom is -0.272 e. The van der Waals surface area contributed by atoms with Gasteiger partial charge in [-0.05, 0) is 41.3 Å². The number of carbonyl (C=O) groups excluding carboxylic acids is 1. The zero-order chi connectivity index (χ0) is 23.9. The van der Waals surface area contributed by atoms with Gasteiger partial charge in [0.15, 0.2) is 11.0 Å². The fraction of sp³-hybridized carbons (Fsp3) is 0.154. The standard InChI is InChI=1S/C26H24BrN5OS/c1-18(2)20-10-8-19(9-11-20)16-28-29-24(33)17-34-26-31-30-25(21-12-14-22(27)15-13-21)32(26)23-6-4-3-5-7-23/h3-16,18H,17H2,1-2H3,(H,29,33)/b28-16+. The van der Waals surface area contributed by atoms with Crippen molar-refractivity contribution < 1.29 is 4.79 Å². The number of carbonyl (C=O) groups is 1. The predicted octanol–water partition coefficient (Wildman–Crippen LogP) is 6.06. The van der Waals surface area contributed by atoms with Gasteiger partial charge in [0.2, 0.25) is 0 Å². The highest BCUT2D eigenvalue weighted by Crippen LogP contribution is 2.28. The first-order chi connectivity index (χ1) is 16.5. The number of benzene rings is 3. The normalized spacial score (nSPS) is 11.3. The summed E-state index contributed by atoms with van der Waals surface area (Å²) in [6, 6.07) is 25.9. The Morgan fingerprint density at radius 1 is 1.03 bits per heavy atom. The van der Waals surface area contributed by atoms with Crippen LogP contribution in [0.4, 0.5) is 0 Å². The Balaban J connectivity index is 1.45. The number of hydrogen-bond donors (Lipinski definition) is 1. The van der Waals surface area contributed by atoms with Gasteiger partial charge in [0.1, 0.15) is 0 Å². The monoisotopic (exact) mass is 533 g/mol. The summed E-state index contributed by atoms with van der Waals surface area (Å²) in [6.45, 7) is 4.31. The van der Waals surface area contributed by atoms with Crippen LogP contribution in [-0.4, -0.2) is 32.6 Å². The van der Waals surface area contributed by atoms with Gasteiger partial charge in [-0.15, -0.1) is 10.2 Å². The number of aromatic nitrogens is 3. The van der Waals surface area contributed by atoms with E-state index in [0.717, 1.165) is 21.3 Å². The van der Waals surface area contributed by atoms with E-state index in [4.69, 9.17) is 0 Å². The van der Waals surface area contributed by atoms with Crippen molar-refractivity contribution in [1.82, 2.24) is 20.2 Å². The van der Waals surface area contributed by atoms with Crippen LogP contribution in [0, 0.1) is 0 Å². The molecule has 34 heavy (non-hydrogen) atoms. The van der Waals surface area contributed by atoms with E-state index in [2.05, 4.69) is 62.6 Å². The van der Waals surface area contributed by atoms with Gasteiger partial charge < -0.3 is 0 Å². The SMILES string of the molecule is CC(C)c1ccc(/C=N/NC(=O)CSc2nnc(-c3ccc(Br)cc3)n2-c2ccccc2)cc1. The summed E-state index contributed by atoms with van der Waals surface area (Å²) in [4.78, 5) is 12.4. The summed E-state index contributed by atoms with van der Waals surface area (Å²) >= 11 is 4.78. The molecule has 4 rings (SSSR count). The highest BCUT2D eigenvalue weighted by molar-refractivity contribution is 9.10. The molecule has 3 aromatic carbocycles. The summed E-state index contributed by atoms with van der Waals surface area (Å²) in [5.41, 5.74) is 6.65. The molecular formula is C26H24BrN5OS. The number of halogens is 1. The molecule has 0 unspecified atom stereocenters. The molecule has 4 aromatic rings. The van der Waals surface area contributed by atoms with Crippen LogP contribution in [-0.2, 0) is 4.79 Å². The van der Waals surface area contributed by atoms with Crippen molar-refractivity contribution in [2.75, 3.05) is 5.75 Å². The van der Waals surface area contributed by atoms with Crippen molar-refractivity contribution in [3.8, 4) is 17.1 Å². The molecule has 8 heteroatoms. The van der Waals surface area contributed by atoms with Gasteiger partial charge in [-0.25, -0.2) is 5.43 Å². The van der Waals surface area contributed by atoms with Gasteiger partial charge in [0.05, 0.1) is 12.0 Å². The Kier molecular flexibility index (Phi) is 7.92. The second-order valence-electron chi connectivity index (χ2n) is 7.89. The zero-order valence-corrected chi connectivity index (χ0v) is 21.3. The number of thioether (sulfide) groups is 1. The second-order valence-corrected chi connectivity index (χ2v) is 9.75. The van der Waals surface area contributed by atoms with Gasteiger partial charge in [0.25, 0.3) is 5.91 Å². The molecule has 1 N–H and O–H groups in total. The van der Waals surface area contributed by atoms with Crippen LogP contribution < -0.4 is 5.43 Å². The third kappa shape index (κ3) is 6.01. The average molecular weight is 534 g/mol. The molecular weight excluding hydrogens is 510 g/mol. The average Bonchev–Trinajstić information content (AvgIpc) is 3.28. The quantitative estimate of drug-likeness (QED) is 0.169. The summed E-state index contributed by atoms with van der Waals surface area (Å²) < 4.78 is 2.95. The highest BCUT2D eigenvalue weighted by Gasteiger charge is 2.17.